The fourth-order valence-electron chi connectivity index (χ4n) is 0.844. The molecule has 0 saturated carbocycles. The molecular formula is C7H10N2OS. The maximum Gasteiger partial charge on any atom is 0.273 e. The van der Waals surface area contributed by atoms with E-state index in [0.717, 1.165) is 12.0 Å². The van der Waals surface area contributed by atoms with Crippen molar-refractivity contribution in [1.82, 2.24) is 10.6 Å². The number of allylic oxidation sites excluding steroid dienone is 1. The van der Waals surface area contributed by atoms with E-state index in [9.17, 15) is 4.79 Å². The monoisotopic (exact) mass is 170 g/mol. The van der Waals surface area contributed by atoms with Gasteiger partial charge in [-0.05, 0) is 31.1 Å². The van der Waals surface area contributed by atoms with Crippen LogP contribution in [-0.4, -0.2) is 11.0 Å². The average Bonchev–Trinajstić information content (AvgIpc) is 2.28. The van der Waals surface area contributed by atoms with Gasteiger partial charge in [-0.15, -0.1) is 0 Å². The van der Waals surface area contributed by atoms with E-state index in [1.807, 2.05) is 13.8 Å². The lowest BCUT2D eigenvalue weighted by Crippen LogP contribution is -2.21. The summed E-state index contributed by atoms with van der Waals surface area (Å²) in [5.41, 5.74) is 1.64. The highest BCUT2D eigenvalue weighted by molar-refractivity contribution is 7.80. The van der Waals surface area contributed by atoms with Gasteiger partial charge >= 0.3 is 0 Å². The Hall–Kier alpha value is -0.900. The van der Waals surface area contributed by atoms with E-state index in [-0.39, 0.29) is 5.91 Å². The summed E-state index contributed by atoms with van der Waals surface area (Å²) in [5, 5.41) is 5.71. The normalized spacial score (nSPS) is 21.3. The maximum absolute atomic E-state index is 11.1. The molecule has 1 rings (SSSR count). The molecule has 0 radical (unpaired) electrons. The van der Waals surface area contributed by atoms with Gasteiger partial charge < -0.3 is 5.32 Å². The highest BCUT2D eigenvalue weighted by Gasteiger charge is 2.21. The van der Waals surface area contributed by atoms with Crippen molar-refractivity contribution < 1.29 is 4.79 Å². The second-order valence-corrected chi connectivity index (χ2v) is 2.83. The minimum absolute atomic E-state index is 0.116. The molecule has 1 saturated heterocycles. The van der Waals surface area contributed by atoms with E-state index in [0.29, 0.717) is 10.8 Å². The predicted octanol–water partition coefficient (Wildman–Crippen LogP) is 0.675. The molecule has 0 spiro atoms. The van der Waals surface area contributed by atoms with Gasteiger partial charge in [0.1, 0.15) is 5.70 Å². The number of hydrogen-bond donors (Lipinski definition) is 2. The van der Waals surface area contributed by atoms with Crippen molar-refractivity contribution in [2.45, 2.75) is 20.3 Å². The zero-order chi connectivity index (χ0) is 8.43. The average molecular weight is 170 g/mol. The number of rotatable bonds is 1. The van der Waals surface area contributed by atoms with Crippen LogP contribution >= 0.6 is 12.2 Å². The lowest BCUT2D eigenvalue weighted by molar-refractivity contribution is -0.115. The van der Waals surface area contributed by atoms with Gasteiger partial charge in [0.15, 0.2) is 5.11 Å². The maximum atomic E-state index is 11.1. The van der Waals surface area contributed by atoms with Crippen molar-refractivity contribution in [2.24, 2.45) is 0 Å². The third-order valence-electron chi connectivity index (χ3n) is 1.65. The van der Waals surface area contributed by atoms with Crippen LogP contribution in [0.15, 0.2) is 11.3 Å². The van der Waals surface area contributed by atoms with Gasteiger partial charge in [-0.25, -0.2) is 0 Å². The molecule has 0 aromatic heterocycles. The van der Waals surface area contributed by atoms with Crippen LogP contribution in [0.3, 0.4) is 0 Å². The number of carbonyl (C=O) groups excluding carboxylic acids is 1. The molecule has 1 aliphatic rings. The largest absolute Gasteiger partial charge is 0.328 e. The van der Waals surface area contributed by atoms with Crippen LogP contribution in [0.2, 0.25) is 0 Å². The summed E-state index contributed by atoms with van der Waals surface area (Å²) < 4.78 is 0. The van der Waals surface area contributed by atoms with Crippen LogP contribution in [0.5, 0.6) is 0 Å². The van der Waals surface area contributed by atoms with Crippen LogP contribution in [-0.2, 0) is 4.79 Å². The lowest BCUT2D eigenvalue weighted by atomic mass is 10.2. The molecule has 0 atom stereocenters. The topological polar surface area (TPSA) is 41.1 Å². The van der Waals surface area contributed by atoms with E-state index in [4.69, 9.17) is 12.2 Å². The molecule has 0 aromatic carbocycles. The van der Waals surface area contributed by atoms with Gasteiger partial charge in [0, 0.05) is 0 Å². The molecule has 0 aliphatic carbocycles. The van der Waals surface area contributed by atoms with Crippen LogP contribution in [0.4, 0.5) is 0 Å². The summed E-state index contributed by atoms with van der Waals surface area (Å²) in [7, 11) is 0. The van der Waals surface area contributed by atoms with Gasteiger partial charge in [-0.1, -0.05) is 6.92 Å². The van der Waals surface area contributed by atoms with Gasteiger partial charge in [0.05, 0.1) is 0 Å². The summed E-state index contributed by atoms with van der Waals surface area (Å²) in [4.78, 5) is 11.1. The van der Waals surface area contributed by atoms with E-state index in [1.165, 1.54) is 0 Å². The molecule has 0 unspecified atom stereocenters. The van der Waals surface area contributed by atoms with Crippen molar-refractivity contribution in [1.29, 1.82) is 0 Å². The Balaban J connectivity index is 2.90. The highest BCUT2D eigenvalue weighted by Crippen LogP contribution is 2.08. The summed E-state index contributed by atoms with van der Waals surface area (Å²) in [5.74, 6) is -0.116. The predicted molar refractivity (Wildman–Crippen MR) is 46.9 cm³/mol. The Morgan fingerprint density at radius 2 is 2.18 bits per heavy atom. The first-order valence-electron chi connectivity index (χ1n) is 3.47. The second-order valence-electron chi connectivity index (χ2n) is 2.42. The Bertz CT molecular complexity index is 245. The smallest absolute Gasteiger partial charge is 0.273 e. The van der Waals surface area contributed by atoms with E-state index < -0.39 is 0 Å². The Labute approximate surface area is 70.9 Å². The van der Waals surface area contributed by atoms with Gasteiger partial charge in [-0.3, -0.25) is 10.1 Å². The van der Waals surface area contributed by atoms with Crippen LogP contribution in [0, 0.1) is 0 Å². The number of amides is 1. The minimum Gasteiger partial charge on any atom is -0.328 e. The Kier molecular flexibility index (Phi) is 2.24. The number of nitrogens with one attached hydrogen (secondary N) is 2. The summed E-state index contributed by atoms with van der Waals surface area (Å²) in [6.45, 7) is 3.91. The fraction of sp³-hybridized carbons (Fsp3) is 0.429. The van der Waals surface area contributed by atoms with Gasteiger partial charge in [-0.2, -0.15) is 0 Å². The van der Waals surface area contributed by atoms with E-state index in [1.54, 1.807) is 0 Å². The van der Waals surface area contributed by atoms with E-state index in [2.05, 4.69) is 10.6 Å². The van der Waals surface area contributed by atoms with Crippen LogP contribution in [0.25, 0.3) is 0 Å². The molecule has 2 N–H and O–H groups in total. The zero-order valence-corrected chi connectivity index (χ0v) is 7.34. The lowest BCUT2D eigenvalue weighted by Gasteiger charge is -1.98. The quantitative estimate of drug-likeness (QED) is 0.449. The molecule has 11 heavy (non-hydrogen) atoms. The minimum atomic E-state index is -0.116. The molecule has 60 valence electrons. The van der Waals surface area contributed by atoms with Crippen molar-refractivity contribution in [3.63, 3.8) is 0 Å². The third kappa shape index (κ3) is 1.57. The summed E-state index contributed by atoms with van der Waals surface area (Å²) in [6, 6.07) is 0. The Morgan fingerprint density at radius 3 is 2.55 bits per heavy atom. The van der Waals surface area contributed by atoms with Crippen LogP contribution in [0.1, 0.15) is 20.3 Å². The summed E-state index contributed by atoms with van der Waals surface area (Å²) >= 11 is 4.76. The second kappa shape index (κ2) is 3.00. The molecule has 0 bridgehead atoms. The molecule has 1 amide bonds. The number of hydrogen-bond acceptors (Lipinski definition) is 2. The third-order valence-corrected chi connectivity index (χ3v) is 1.85. The molecule has 0 aromatic rings. The fourth-order valence-corrected chi connectivity index (χ4v) is 1.04. The van der Waals surface area contributed by atoms with Crippen molar-refractivity contribution in [3.05, 3.63) is 11.3 Å². The summed E-state index contributed by atoms with van der Waals surface area (Å²) in [6.07, 6.45) is 0.859. The highest BCUT2D eigenvalue weighted by atomic mass is 32.1. The first-order chi connectivity index (χ1) is 5.15. The SMILES string of the molecule is CC/C(C)=C1/NC(=S)NC1=O. The van der Waals surface area contributed by atoms with Gasteiger partial charge in [0.25, 0.3) is 5.91 Å². The first kappa shape index (κ1) is 8.20. The zero-order valence-electron chi connectivity index (χ0n) is 6.52. The number of thiocarbonyl (C=S) groups is 1. The molecule has 1 heterocycles. The standard InChI is InChI=1S/C7H10N2OS/c1-3-4(2)5-6(10)9-7(11)8-5/h3H2,1-2H3,(H2,8,9,10,11)/b5-4+. The van der Waals surface area contributed by atoms with Crippen molar-refractivity contribution in [2.75, 3.05) is 0 Å². The first-order valence-corrected chi connectivity index (χ1v) is 3.88. The molecule has 1 fully saturated rings. The Morgan fingerprint density at radius 1 is 1.55 bits per heavy atom. The van der Waals surface area contributed by atoms with Crippen LogP contribution < -0.4 is 10.6 Å². The van der Waals surface area contributed by atoms with Crippen molar-refractivity contribution in [3.8, 4) is 0 Å². The molecule has 4 heteroatoms. The van der Waals surface area contributed by atoms with Gasteiger partial charge in [0.2, 0.25) is 0 Å². The molecule has 3 nitrogen and oxygen atoms in total. The van der Waals surface area contributed by atoms with E-state index >= 15 is 0 Å². The number of carbonyl (C=O) groups is 1. The van der Waals surface area contributed by atoms with Crippen molar-refractivity contribution >= 4 is 23.2 Å². The molecular weight excluding hydrogens is 160 g/mol. The molecule has 1 aliphatic heterocycles.